The van der Waals surface area contributed by atoms with E-state index in [2.05, 4.69) is 36.3 Å². The van der Waals surface area contributed by atoms with Crippen LogP contribution >= 0.6 is 11.6 Å². The van der Waals surface area contributed by atoms with Crippen LogP contribution in [0.2, 0.25) is 5.02 Å². The molecule has 0 radical (unpaired) electrons. The molecule has 1 aliphatic rings. The van der Waals surface area contributed by atoms with Crippen LogP contribution in [0, 0.1) is 0 Å². The Bertz CT molecular complexity index is 569. The average Bonchev–Trinajstić information content (AvgIpc) is 2.61. The van der Waals surface area contributed by atoms with Gasteiger partial charge in [-0.05, 0) is 45.7 Å². The molecule has 140 valence electrons. The van der Waals surface area contributed by atoms with Gasteiger partial charge in [-0.2, -0.15) is 0 Å². The van der Waals surface area contributed by atoms with Crippen LogP contribution in [0.4, 0.5) is 0 Å². The Morgan fingerprint density at radius 3 is 2.68 bits per heavy atom. The van der Waals surface area contributed by atoms with Gasteiger partial charge in [0, 0.05) is 42.3 Å². The van der Waals surface area contributed by atoms with Crippen molar-refractivity contribution < 1.29 is 4.74 Å². The van der Waals surface area contributed by atoms with E-state index in [4.69, 9.17) is 21.3 Å². The predicted octanol–water partition coefficient (Wildman–Crippen LogP) is 3.28. The molecule has 0 unspecified atom stereocenters. The molecule has 1 aromatic rings. The third-order valence-electron chi connectivity index (χ3n) is 4.60. The summed E-state index contributed by atoms with van der Waals surface area (Å²) in [6, 6.07) is 6.76. The van der Waals surface area contributed by atoms with Crippen molar-refractivity contribution in [3.05, 3.63) is 28.8 Å². The van der Waals surface area contributed by atoms with Crippen LogP contribution in [0.5, 0.6) is 5.75 Å². The van der Waals surface area contributed by atoms with E-state index in [0.29, 0.717) is 23.7 Å². The molecule has 25 heavy (non-hydrogen) atoms. The summed E-state index contributed by atoms with van der Waals surface area (Å²) in [5.74, 6) is 1.64. The summed E-state index contributed by atoms with van der Waals surface area (Å²) in [7, 11) is 1.66. The van der Waals surface area contributed by atoms with E-state index < -0.39 is 0 Å². The van der Waals surface area contributed by atoms with E-state index in [1.54, 1.807) is 7.11 Å². The average molecular weight is 367 g/mol. The number of halogens is 1. The number of aliphatic imine (C=N–C) groups is 1. The van der Waals surface area contributed by atoms with Crippen molar-refractivity contribution in [2.24, 2.45) is 4.99 Å². The lowest BCUT2D eigenvalue weighted by atomic mass is 10.0. The van der Waals surface area contributed by atoms with Crippen molar-refractivity contribution in [2.75, 3.05) is 26.7 Å². The Morgan fingerprint density at radius 1 is 1.36 bits per heavy atom. The van der Waals surface area contributed by atoms with Crippen LogP contribution in [0.1, 0.15) is 39.2 Å². The van der Waals surface area contributed by atoms with Crippen molar-refractivity contribution in [2.45, 2.75) is 52.2 Å². The van der Waals surface area contributed by atoms with Gasteiger partial charge >= 0.3 is 0 Å². The number of benzene rings is 1. The van der Waals surface area contributed by atoms with Crippen LogP contribution in [0.15, 0.2) is 23.2 Å². The summed E-state index contributed by atoms with van der Waals surface area (Å²) < 4.78 is 5.40. The van der Waals surface area contributed by atoms with Gasteiger partial charge in [-0.3, -0.25) is 0 Å². The summed E-state index contributed by atoms with van der Waals surface area (Å²) in [5.41, 5.74) is 1.03. The second-order valence-electron chi connectivity index (χ2n) is 6.70. The molecule has 0 spiro atoms. The first-order valence-electron chi connectivity index (χ1n) is 9.14. The number of piperidine rings is 1. The fourth-order valence-electron chi connectivity index (χ4n) is 3.09. The molecule has 0 aromatic heterocycles. The minimum absolute atomic E-state index is 0.472. The first-order chi connectivity index (χ1) is 12.0. The zero-order chi connectivity index (χ0) is 18.2. The zero-order valence-electron chi connectivity index (χ0n) is 15.8. The maximum Gasteiger partial charge on any atom is 0.191 e. The van der Waals surface area contributed by atoms with E-state index in [1.165, 1.54) is 0 Å². The van der Waals surface area contributed by atoms with Gasteiger partial charge in [0.1, 0.15) is 5.75 Å². The van der Waals surface area contributed by atoms with Gasteiger partial charge in [0.2, 0.25) is 0 Å². The molecule has 1 fully saturated rings. The topological polar surface area (TPSA) is 48.9 Å². The zero-order valence-corrected chi connectivity index (χ0v) is 16.6. The number of hydrogen-bond donors (Lipinski definition) is 2. The number of nitrogens with zero attached hydrogens (tertiary/aromatic N) is 2. The molecule has 0 atom stereocenters. The molecule has 0 saturated carbocycles. The third kappa shape index (κ3) is 6.08. The van der Waals surface area contributed by atoms with Crippen molar-refractivity contribution in [1.29, 1.82) is 0 Å². The van der Waals surface area contributed by atoms with E-state index in [1.807, 2.05) is 18.2 Å². The highest BCUT2D eigenvalue weighted by Crippen LogP contribution is 2.23. The maximum atomic E-state index is 6.03. The highest BCUT2D eigenvalue weighted by Gasteiger charge is 2.21. The fourth-order valence-corrected chi connectivity index (χ4v) is 3.25. The molecule has 1 saturated heterocycles. The Labute approximate surface area is 156 Å². The lowest BCUT2D eigenvalue weighted by molar-refractivity contribution is 0.167. The Balaban J connectivity index is 1.97. The van der Waals surface area contributed by atoms with E-state index in [9.17, 15) is 0 Å². The summed E-state index contributed by atoms with van der Waals surface area (Å²) in [4.78, 5) is 7.26. The molecule has 0 aliphatic carbocycles. The van der Waals surface area contributed by atoms with Crippen molar-refractivity contribution in [3.63, 3.8) is 0 Å². The molecule has 0 amide bonds. The van der Waals surface area contributed by atoms with E-state index in [-0.39, 0.29) is 0 Å². The highest BCUT2D eigenvalue weighted by atomic mass is 35.5. The van der Waals surface area contributed by atoms with Crippen LogP contribution < -0.4 is 15.4 Å². The van der Waals surface area contributed by atoms with Crippen molar-refractivity contribution in [1.82, 2.24) is 15.5 Å². The van der Waals surface area contributed by atoms with Gasteiger partial charge in [0.05, 0.1) is 13.7 Å². The minimum atomic E-state index is 0.472. The summed E-state index contributed by atoms with van der Waals surface area (Å²) >= 11 is 6.03. The number of ether oxygens (including phenoxy) is 1. The Hall–Kier alpha value is -1.46. The Kier molecular flexibility index (Phi) is 7.85. The molecule has 1 heterocycles. The predicted molar refractivity (Wildman–Crippen MR) is 106 cm³/mol. The van der Waals surface area contributed by atoms with Crippen LogP contribution in [0.25, 0.3) is 0 Å². The van der Waals surface area contributed by atoms with Crippen LogP contribution in [0.3, 0.4) is 0 Å². The molecular formula is C19H31ClN4O. The summed E-state index contributed by atoms with van der Waals surface area (Å²) in [5, 5.41) is 7.59. The molecule has 2 rings (SSSR count). The van der Waals surface area contributed by atoms with E-state index >= 15 is 0 Å². The second kappa shape index (κ2) is 9.88. The molecular weight excluding hydrogens is 336 g/mol. The smallest absolute Gasteiger partial charge is 0.191 e. The normalized spacial score (nSPS) is 17.0. The quantitative estimate of drug-likeness (QED) is 0.599. The minimum Gasteiger partial charge on any atom is -0.496 e. The van der Waals surface area contributed by atoms with Gasteiger partial charge < -0.3 is 20.3 Å². The number of likely N-dealkylation sites (tertiary alicyclic amines) is 1. The van der Waals surface area contributed by atoms with Gasteiger partial charge in [0.25, 0.3) is 0 Å². The standard InChI is InChI=1S/C19H31ClN4O/c1-5-21-19(23-17-8-10-24(11-9-17)14(2)3)22-13-15-6-7-16(20)12-18(15)25-4/h6-7,12,14,17H,5,8-11,13H2,1-4H3,(H2,21,22,23). The highest BCUT2D eigenvalue weighted by molar-refractivity contribution is 6.30. The summed E-state index contributed by atoms with van der Waals surface area (Å²) in [6.45, 7) is 10.3. The number of guanidine groups is 1. The molecule has 0 bridgehead atoms. The summed E-state index contributed by atoms with van der Waals surface area (Å²) in [6.07, 6.45) is 2.29. The van der Waals surface area contributed by atoms with Crippen molar-refractivity contribution >= 4 is 17.6 Å². The molecule has 1 aromatic carbocycles. The van der Waals surface area contributed by atoms with Crippen molar-refractivity contribution in [3.8, 4) is 5.75 Å². The van der Waals surface area contributed by atoms with Crippen LogP contribution in [-0.4, -0.2) is 49.7 Å². The molecule has 2 N–H and O–H groups in total. The lowest BCUT2D eigenvalue weighted by Crippen LogP contribution is -2.49. The molecule has 1 aliphatic heterocycles. The first-order valence-corrected chi connectivity index (χ1v) is 9.52. The largest absolute Gasteiger partial charge is 0.496 e. The van der Waals surface area contributed by atoms with Crippen LogP contribution in [-0.2, 0) is 6.54 Å². The fraction of sp³-hybridized carbons (Fsp3) is 0.632. The maximum absolute atomic E-state index is 6.03. The number of nitrogens with one attached hydrogen (secondary N) is 2. The number of rotatable bonds is 6. The second-order valence-corrected chi connectivity index (χ2v) is 7.14. The lowest BCUT2D eigenvalue weighted by Gasteiger charge is -2.35. The monoisotopic (exact) mass is 366 g/mol. The first kappa shape index (κ1) is 19.9. The SMILES string of the molecule is CCNC(=NCc1ccc(Cl)cc1OC)NC1CCN(C(C)C)CC1. The van der Waals surface area contributed by atoms with E-state index in [0.717, 1.165) is 49.7 Å². The number of hydrogen-bond acceptors (Lipinski definition) is 3. The van der Waals surface area contributed by atoms with Gasteiger partial charge in [-0.1, -0.05) is 17.7 Å². The molecule has 5 nitrogen and oxygen atoms in total. The Morgan fingerprint density at radius 2 is 2.08 bits per heavy atom. The van der Waals surface area contributed by atoms with Gasteiger partial charge in [0.15, 0.2) is 5.96 Å². The molecule has 6 heteroatoms. The van der Waals surface area contributed by atoms with Gasteiger partial charge in [-0.15, -0.1) is 0 Å². The third-order valence-corrected chi connectivity index (χ3v) is 4.84. The van der Waals surface area contributed by atoms with Gasteiger partial charge in [-0.25, -0.2) is 4.99 Å². The number of methoxy groups -OCH3 is 1.